The molecule has 3 rings (SSSR count). The molecule has 0 atom stereocenters. The minimum atomic E-state index is 0.267. The van der Waals surface area contributed by atoms with Crippen molar-refractivity contribution >= 4 is 11.0 Å². The number of fused-ring (bicyclic) bond motifs is 1. The molecule has 5 heteroatoms. The topological polar surface area (TPSA) is 77.0 Å². The van der Waals surface area contributed by atoms with Crippen LogP contribution < -0.4 is 5.73 Å². The van der Waals surface area contributed by atoms with Crippen LogP contribution in [-0.4, -0.2) is 20.1 Å². The Morgan fingerprint density at radius 2 is 1.40 bits per heavy atom. The molecule has 0 aliphatic rings. The van der Waals surface area contributed by atoms with Crippen molar-refractivity contribution in [3.8, 4) is 11.4 Å². The summed E-state index contributed by atoms with van der Waals surface area (Å²) < 4.78 is 0. The Bertz CT molecular complexity index is 886. The number of hydrogen-bond donors (Lipinski definition) is 2. The Kier molecular flexibility index (Phi) is 8.69. The van der Waals surface area contributed by atoms with Crippen LogP contribution in [0.5, 0.6) is 5.75 Å². The van der Waals surface area contributed by atoms with E-state index in [1.807, 2.05) is 36.4 Å². The van der Waals surface area contributed by atoms with E-state index in [2.05, 4.69) is 17.1 Å². The zero-order chi connectivity index (χ0) is 21.2. The molecule has 0 saturated heterocycles. The van der Waals surface area contributed by atoms with Gasteiger partial charge in [-0.05, 0) is 42.2 Å². The molecule has 5 nitrogen and oxygen atoms in total. The summed E-state index contributed by atoms with van der Waals surface area (Å²) in [6.45, 7) is 2.69. The molecule has 3 aromatic rings. The van der Waals surface area contributed by atoms with Gasteiger partial charge in [0, 0.05) is 6.54 Å². The molecule has 1 aromatic heterocycles. The number of rotatable bonds is 13. The van der Waals surface area contributed by atoms with Gasteiger partial charge in [0.1, 0.15) is 22.5 Å². The van der Waals surface area contributed by atoms with Crippen LogP contribution in [-0.2, 0) is 13.0 Å². The van der Waals surface area contributed by atoms with Crippen molar-refractivity contribution < 1.29 is 5.11 Å². The fourth-order valence-corrected chi connectivity index (χ4v) is 3.97. The van der Waals surface area contributed by atoms with Gasteiger partial charge in [-0.2, -0.15) is 0 Å². The Balaban J connectivity index is 1.56. The van der Waals surface area contributed by atoms with Crippen molar-refractivity contribution in [2.45, 2.75) is 84.1 Å². The number of aromatic nitrogens is 3. The van der Waals surface area contributed by atoms with E-state index in [1.165, 1.54) is 62.6 Å². The molecular formula is C25H36N4O. The Labute approximate surface area is 180 Å². The molecule has 0 bridgehead atoms. The van der Waals surface area contributed by atoms with E-state index in [9.17, 15) is 5.11 Å². The first-order valence-corrected chi connectivity index (χ1v) is 11.6. The number of nitrogens with zero attached hydrogens (tertiary/aromatic N) is 3. The highest BCUT2D eigenvalue weighted by Gasteiger charge is 2.14. The molecule has 3 N–H and O–H groups in total. The molecular weight excluding hydrogens is 372 g/mol. The van der Waals surface area contributed by atoms with Crippen molar-refractivity contribution in [1.82, 2.24) is 15.0 Å². The van der Waals surface area contributed by atoms with Crippen molar-refractivity contribution in [3.05, 3.63) is 47.5 Å². The molecule has 0 spiro atoms. The lowest BCUT2D eigenvalue weighted by molar-refractivity contribution is 0.458. The fourth-order valence-electron chi connectivity index (χ4n) is 3.97. The maximum Gasteiger partial charge on any atom is 0.146 e. The van der Waals surface area contributed by atoms with Crippen LogP contribution in [0.15, 0.2) is 36.4 Å². The Morgan fingerprint density at radius 1 is 0.833 bits per heavy atom. The molecule has 0 radical (unpaired) electrons. The number of hydrogen-bond acceptors (Lipinski definition) is 4. The van der Waals surface area contributed by atoms with Crippen molar-refractivity contribution in [3.63, 3.8) is 0 Å². The normalized spacial score (nSPS) is 11.4. The van der Waals surface area contributed by atoms with Crippen LogP contribution in [0.25, 0.3) is 16.7 Å². The van der Waals surface area contributed by atoms with Crippen molar-refractivity contribution in [2.75, 3.05) is 0 Å². The van der Waals surface area contributed by atoms with E-state index >= 15 is 0 Å². The van der Waals surface area contributed by atoms with E-state index in [0.717, 1.165) is 35.0 Å². The SMILES string of the molecule is CCCCCCCCCCCCc1cc(CN)cc(-n2nc3ccccc3n2)c1O. The van der Waals surface area contributed by atoms with Gasteiger partial charge in [0.25, 0.3) is 0 Å². The van der Waals surface area contributed by atoms with E-state index in [-0.39, 0.29) is 5.75 Å². The van der Waals surface area contributed by atoms with Crippen LogP contribution >= 0.6 is 0 Å². The Hall–Kier alpha value is -2.40. The van der Waals surface area contributed by atoms with Gasteiger partial charge < -0.3 is 10.8 Å². The summed E-state index contributed by atoms with van der Waals surface area (Å²) in [5.41, 5.74) is 10.1. The smallest absolute Gasteiger partial charge is 0.146 e. The molecule has 162 valence electrons. The quantitative estimate of drug-likeness (QED) is 0.338. The number of aryl methyl sites for hydroxylation is 1. The molecule has 0 aliphatic heterocycles. The third-order valence-corrected chi connectivity index (χ3v) is 5.77. The molecule has 2 aromatic carbocycles. The van der Waals surface area contributed by atoms with Gasteiger partial charge >= 0.3 is 0 Å². The van der Waals surface area contributed by atoms with Gasteiger partial charge in [-0.1, -0.05) is 82.9 Å². The third kappa shape index (κ3) is 6.05. The zero-order valence-corrected chi connectivity index (χ0v) is 18.3. The number of phenolic OH excluding ortho intramolecular Hbond substituents is 1. The fraction of sp³-hybridized carbons (Fsp3) is 0.520. The van der Waals surface area contributed by atoms with Gasteiger partial charge in [0.15, 0.2) is 0 Å². The third-order valence-electron chi connectivity index (χ3n) is 5.77. The van der Waals surface area contributed by atoms with Crippen LogP contribution in [0.4, 0.5) is 0 Å². The van der Waals surface area contributed by atoms with E-state index in [0.29, 0.717) is 12.2 Å². The molecule has 0 amide bonds. The minimum absolute atomic E-state index is 0.267. The summed E-state index contributed by atoms with van der Waals surface area (Å²) in [5, 5.41) is 19.9. The van der Waals surface area contributed by atoms with Gasteiger partial charge in [-0.15, -0.1) is 15.0 Å². The lowest BCUT2D eigenvalue weighted by Gasteiger charge is -2.12. The molecule has 1 heterocycles. The number of nitrogens with two attached hydrogens (primary N) is 1. The zero-order valence-electron chi connectivity index (χ0n) is 18.3. The second kappa shape index (κ2) is 11.7. The van der Waals surface area contributed by atoms with E-state index < -0.39 is 0 Å². The first-order chi connectivity index (χ1) is 14.7. The van der Waals surface area contributed by atoms with Gasteiger partial charge in [0.05, 0.1) is 0 Å². The summed E-state index contributed by atoms with van der Waals surface area (Å²) in [5.74, 6) is 0.267. The second-order valence-electron chi connectivity index (χ2n) is 8.24. The largest absolute Gasteiger partial charge is 0.505 e. The second-order valence-corrected chi connectivity index (χ2v) is 8.24. The first-order valence-electron chi connectivity index (χ1n) is 11.6. The molecule has 30 heavy (non-hydrogen) atoms. The van der Waals surface area contributed by atoms with E-state index in [1.54, 1.807) is 0 Å². The van der Waals surface area contributed by atoms with E-state index in [4.69, 9.17) is 5.73 Å². The average molecular weight is 409 g/mol. The number of unbranched alkanes of at least 4 members (excludes halogenated alkanes) is 9. The lowest BCUT2D eigenvalue weighted by atomic mass is 10.0. The van der Waals surface area contributed by atoms with Crippen molar-refractivity contribution in [2.24, 2.45) is 5.73 Å². The summed E-state index contributed by atoms with van der Waals surface area (Å²) >= 11 is 0. The molecule has 0 fully saturated rings. The maximum atomic E-state index is 10.9. The lowest BCUT2D eigenvalue weighted by Crippen LogP contribution is -2.05. The monoisotopic (exact) mass is 408 g/mol. The van der Waals surface area contributed by atoms with Gasteiger partial charge in [-0.3, -0.25) is 0 Å². The molecule has 0 saturated carbocycles. The van der Waals surface area contributed by atoms with Crippen molar-refractivity contribution in [1.29, 1.82) is 0 Å². The van der Waals surface area contributed by atoms with Crippen LogP contribution in [0, 0.1) is 0 Å². The predicted molar refractivity (Wildman–Crippen MR) is 124 cm³/mol. The van der Waals surface area contributed by atoms with Crippen LogP contribution in [0.1, 0.15) is 82.3 Å². The maximum absolute atomic E-state index is 10.9. The predicted octanol–water partition coefficient (Wildman–Crippen LogP) is 6.05. The Morgan fingerprint density at radius 3 is 1.97 bits per heavy atom. The molecule has 0 unspecified atom stereocenters. The summed E-state index contributed by atoms with van der Waals surface area (Å²) in [7, 11) is 0. The number of aromatic hydroxyl groups is 1. The van der Waals surface area contributed by atoms with Gasteiger partial charge in [-0.25, -0.2) is 0 Å². The highest BCUT2D eigenvalue weighted by atomic mass is 16.3. The molecule has 0 aliphatic carbocycles. The average Bonchev–Trinajstić information content (AvgIpc) is 3.20. The summed E-state index contributed by atoms with van der Waals surface area (Å²) in [6, 6.07) is 11.6. The highest BCUT2D eigenvalue weighted by molar-refractivity contribution is 5.73. The van der Waals surface area contributed by atoms with Crippen LogP contribution in [0.3, 0.4) is 0 Å². The number of phenols is 1. The summed E-state index contributed by atoms with van der Waals surface area (Å²) in [6.07, 6.45) is 13.9. The first kappa shape index (κ1) is 22.3. The standard InChI is InChI=1S/C25H36N4O/c1-2-3-4-5-6-7-8-9-10-11-14-21-17-20(19-26)18-24(25(21)30)29-27-22-15-12-13-16-23(22)28-29/h12-13,15-18,30H,2-11,14,19,26H2,1H3. The highest BCUT2D eigenvalue weighted by Crippen LogP contribution is 2.29. The summed E-state index contributed by atoms with van der Waals surface area (Å²) in [4.78, 5) is 1.53. The van der Waals surface area contributed by atoms with Crippen LogP contribution in [0.2, 0.25) is 0 Å². The number of benzene rings is 2. The van der Waals surface area contributed by atoms with Gasteiger partial charge in [0.2, 0.25) is 0 Å². The minimum Gasteiger partial charge on any atom is -0.505 e.